The van der Waals surface area contributed by atoms with Crippen LogP contribution in [0.15, 0.2) is 40.9 Å². The van der Waals surface area contributed by atoms with Crippen molar-refractivity contribution >= 4 is 39.1 Å². The molecular formula is C16H15BrCl2FN. The van der Waals surface area contributed by atoms with Crippen molar-refractivity contribution in [2.24, 2.45) is 0 Å². The zero-order chi connectivity index (χ0) is 15.4. The maximum Gasteiger partial charge on any atom is 0.124 e. The zero-order valence-corrected chi connectivity index (χ0v) is 14.6. The Balaban J connectivity index is 2.30. The minimum absolute atomic E-state index is 0.0133. The Hall–Kier alpha value is -0.610. The van der Waals surface area contributed by atoms with Crippen LogP contribution in [0, 0.1) is 5.82 Å². The third-order valence-corrected chi connectivity index (χ3v) is 4.22. The highest BCUT2D eigenvalue weighted by molar-refractivity contribution is 9.10. The highest BCUT2D eigenvalue weighted by atomic mass is 79.9. The SMILES string of the molecule is CCNC(Cc1ccc(Cl)cc1Cl)c1cc(F)cc(Br)c1. The molecule has 2 rings (SSSR count). The summed E-state index contributed by atoms with van der Waals surface area (Å²) < 4.78 is 14.3. The van der Waals surface area contributed by atoms with Crippen molar-refractivity contribution in [3.05, 3.63) is 67.9 Å². The van der Waals surface area contributed by atoms with Crippen LogP contribution in [0.4, 0.5) is 4.39 Å². The first-order valence-corrected chi connectivity index (χ1v) is 8.17. The molecule has 1 unspecified atom stereocenters. The molecule has 2 aromatic rings. The molecule has 1 N–H and O–H groups in total. The van der Waals surface area contributed by atoms with E-state index < -0.39 is 0 Å². The van der Waals surface area contributed by atoms with E-state index in [0.717, 1.165) is 22.1 Å². The van der Waals surface area contributed by atoms with E-state index >= 15 is 0 Å². The van der Waals surface area contributed by atoms with Gasteiger partial charge < -0.3 is 5.32 Å². The van der Waals surface area contributed by atoms with E-state index in [4.69, 9.17) is 23.2 Å². The number of hydrogen-bond acceptors (Lipinski definition) is 1. The van der Waals surface area contributed by atoms with Crippen LogP contribution in [-0.4, -0.2) is 6.54 Å². The second-order valence-electron chi connectivity index (χ2n) is 4.75. The van der Waals surface area contributed by atoms with Crippen LogP contribution in [0.3, 0.4) is 0 Å². The molecule has 1 nitrogen and oxygen atoms in total. The van der Waals surface area contributed by atoms with Crippen molar-refractivity contribution in [1.82, 2.24) is 5.32 Å². The third kappa shape index (κ3) is 4.68. The predicted molar refractivity (Wildman–Crippen MR) is 90.7 cm³/mol. The summed E-state index contributed by atoms with van der Waals surface area (Å²) in [6.07, 6.45) is 0.666. The van der Waals surface area contributed by atoms with Crippen LogP contribution >= 0.6 is 39.1 Å². The largest absolute Gasteiger partial charge is 0.310 e. The molecular weight excluding hydrogens is 376 g/mol. The minimum Gasteiger partial charge on any atom is -0.310 e. The summed E-state index contributed by atoms with van der Waals surface area (Å²) in [5.74, 6) is -0.260. The lowest BCUT2D eigenvalue weighted by Crippen LogP contribution is -2.23. The van der Waals surface area contributed by atoms with Gasteiger partial charge in [-0.05, 0) is 54.4 Å². The van der Waals surface area contributed by atoms with Gasteiger partial charge in [0.05, 0.1) is 0 Å². The molecule has 0 aliphatic rings. The Morgan fingerprint density at radius 3 is 2.57 bits per heavy atom. The highest BCUT2D eigenvalue weighted by Gasteiger charge is 2.15. The van der Waals surface area contributed by atoms with Crippen molar-refractivity contribution in [1.29, 1.82) is 0 Å². The number of rotatable bonds is 5. The Morgan fingerprint density at radius 2 is 1.95 bits per heavy atom. The summed E-state index contributed by atoms with van der Waals surface area (Å²) in [7, 11) is 0. The van der Waals surface area contributed by atoms with E-state index in [0.29, 0.717) is 16.5 Å². The number of nitrogens with one attached hydrogen (secondary N) is 1. The van der Waals surface area contributed by atoms with Crippen LogP contribution in [0.5, 0.6) is 0 Å². The van der Waals surface area contributed by atoms with E-state index in [1.54, 1.807) is 12.1 Å². The van der Waals surface area contributed by atoms with Gasteiger partial charge in [-0.15, -0.1) is 0 Å². The van der Waals surface area contributed by atoms with Gasteiger partial charge in [0.25, 0.3) is 0 Å². The fourth-order valence-electron chi connectivity index (χ4n) is 2.24. The summed E-state index contributed by atoms with van der Waals surface area (Å²) in [6.45, 7) is 2.80. The molecule has 0 spiro atoms. The Labute approximate surface area is 142 Å². The number of likely N-dealkylation sites (N-methyl/N-ethyl adjacent to an activating group) is 1. The molecule has 0 fully saturated rings. The van der Waals surface area contributed by atoms with Gasteiger partial charge in [0.2, 0.25) is 0 Å². The van der Waals surface area contributed by atoms with Gasteiger partial charge in [0.15, 0.2) is 0 Å². The number of halogens is 4. The van der Waals surface area contributed by atoms with Gasteiger partial charge >= 0.3 is 0 Å². The molecule has 0 saturated heterocycles. The monoisotopic (exact) mass is 389 g/mol. The highest BCUT2D eigenvalue weighted by Crippen LogP contribution is 2.28. The summed E-state index contributed by atoms with van der Waals surface area (Å²) in [4.78, 5) is 0. The van der Waals surface area contributed by atoms with Gasteiger partial charge in [-0.2, -0.15) is 0 Å². The molecule has 2 aromatic carbocycles. The molecule has 0 aliphatic carbocycles. The normalized spacial score (nSPS) is 12.4. The van der Waals surface area contributed by atoms with Crippen LogP contribution in [-0.2, 0) is 6.42 Å². The lowest BCUT2D eigenvalue weighted by atomic mass is 9.98. The van der Waals surface area contributed by atoms with E-state index in [-0.39, 0.29) is 11.9 Å². The van der Waals surface area contributed by atoms with Gasteiger partial charge in [0, 0.05) is 20.6 Å². The fourth-order valence-corrected chi connectivity index (χ4v) is 3.21. The van der Waals surface area contributed by atoms with E-state index in [2.05, 4.69) is 21.2 Å². The summed E-state index contributed by atoms with van der Waals surface area (Å²) >= 11 is 15.5. The van der Waals surface area contributed by atoms with Crippen LogP contribution in [0.1, 0.15) is 24.1 Å². The Bertz CT molecular complexity index is 613. The average Bonchev–Trinajstić information content (AvgIpc) is 2.40. The molecule has 0 radical (unpaired) electrons. The molecule has 112 valence electrons. The van der Waals surface area contributed by atoms with E-state index in [1.807, 2.05) is 25.1 Å². The van der Waals surface area contributed by atoms with Crippen LogP contribution in [0.2, 0.25) is 10.0 Å². The fraction of sp³-hybridized carbons (Fsp3) is 0.250. The summed E-state index contributed by atoms with van der Waals surface area (Å²) in [5.41, 5.74) is 1.86. The van der Waals surface area contributed by atoms with E-state index in [9.17, 15) is 4.39 Å². The van der Waals surface area contributed by atoms with Crippen molar-refractivity contribution in [2.75, 3.05) is 6.54 Å². The smallest absolute Gasteiger partial charge is 0.124 e. The molecule has 0 aromatic heterocycles. The Morgan fingerprint density at radius 1 is 1.19 bits per heavy atom. The molecule has 0 bridgehead atoms. The number of hydrogen-bond donors (Lipinski definition) is 1. The van der Waals surface area contributed by atoms with Crippen molar-refractivity contribution in [2.45, 2.75) is 19.4 Å². The Kier molecular flexibility index (Phi) is 6.06. The third-order valence-electron chi connectivity index (χ3n) is 3.18. The topological polar surface area (TPSA) is 12.0 Å². The maximum absolute atomic E-state index is 13.6. The average molecular weight is 391 g/mol. The number of benzene rings is 2. The second-order valence-corrected chi connectivity index (χ2v) is 6.51. The summed E-state index contributed by atoms with van der Waals surface area (Å²) in [6, 6.07) is 10.3. The lowest BCUT2D eigenvalue weighted by Gasteiger charge is -2.20. The first-order chi connectivity index (χ1) is 9.99. The minimum atomic E-state index is -0.260. The van der Waals surface area contributed by atoms with Gasteiger partial charge in [-0.25, -0.2) is 4.39 Å². The van der Waals surface area contributed by atoms with Crippen molar-refractivity contribution in [3.63, 3.8) is 0 Å². The van der Waals surface area contributed by atoms with Crippen LogP contribution in [0.25, 0.3) is 0 Å². The van der Waals surface area contributed by atoms with Crippen molar-refractivity contribution in [3.8, 4) is 0 Å². The molecule has 0 heterocycles. The van der Waals surface area contributed by atoms with Gasteiger partial charge in [-0.1, -0.05) is 52.1 Å². The van der Waals surface area contributed by atoms with Gasteiger partial charge in [-0.3, -0.25) is 0 Å². The molecule has 5 heteroatoms. The maximum atomic E-state index is 13.6. The van der Waals surface area contributed by atoms with Crippen molar-refractivity contribution < 1.29 is 4.39 Å². The zero-order valence-electron chi connectivity index (χ0n) is 11.5. The molecule has 0 amide bonds. The standard InChI is InChI=1S/C16H15BrCl2FN/c1-2-21-16(11-5-12(17)8-14(20)6-11)7-10-3-4-13(18)9-15(10)19/h3-6,8-9,16,21H,2,7H2,1H3. The lowest BCUT2D eigenvalue weighted by molar-refractivity contribution is 0.542. The molecule has 0 saturated carbocycles. The van der Waals surface area contributed by atoms with E-state index in [1.165, 1.54) is 6.07 Å². The molecule has 0 aliphatic heterocycles. The molecule has 21 heavy (non-hydrogen) atoms. The first-order valence-electron chi connectivity index (χ1n) is 6.63. The first kappa shape index (κ1) is 16.8. The quantitative estimate of drug-likeness (QED) is 0.681. The van der Waals surface area contributed by atoms with Gasteiger partial charge in [0.1, 0.15) is 5.82 Å². The summed E-state index contributed by atoms with van der Waals surface area (Å²) in [5, 5.41) is 4.60. The second kappa shape index (κ2) is 7.59. The van der Waals surface area contributed by atoms with Crippen LogP contribution < -0.4 is 5.32 Å². The molecule has 1 atom stereocenters. The predicted octanol–water partition coefficient (Wildman–Crippen LogP) is 5.79.